The monoisotopic (exact) mass is 544 g/mol. The highest BCUT2D eigenvalue weighted by molar-refractivity contribution is 5.14. The third kappa shape index (κ3) is 9.91. The molecule has 210 valence electrons. The van der Waals surface area contributed by atoms with Crippen molar-refractivity contribution in [1.29, 1.82) is 0 Å². The Hall–Kier alpha value is -3.50. The van der Waals surface area contributed by atoms with Gasteiger partial charge < -0.3 is 29.2 Å². The van der Waals surface area contributed by atoms with Crippen LogP contribution in [0.2, 0.25) is 0 Å². The van der Waals surface area contributed by atoms with E-state index in [1.807, 2.05) is 84.9 Å². The van der Waals surface area contributed by atoms with Gasteiger partial charge in [-0.05, 0) is 34.4 Å². The molecule has 0 saturated heterocycles. The van der Waals surface area contributed by atoms with Gasteiger partial charge >= 0.3 is 0 Å². The summed E-state index contributed by atoms with van der Waals surface area (Å²) in [6, 6.07) is 26.9. The number of benzene rings is 2. The zero-order chi connectivity index (χ0) is 27.8. The summed E-state index contributed by atoms with van der Waals surface area (Å²) in [4.78, 5) is 8.24. The van der Waals surface area contributed by atoms with Crippen LogP contribution in [0.4, 0.5) is 0 Å². The Kier molecular flexibility index (Phi) is 12.2. The number of pyridine rings is 2. The van der Waals surface area contributed by atoms with Crippen LogP contribution in [0.1, 0.15) is 22.3 Å². The van der Waals surface area contributed by atoms with E-state index in [1.165, 1.54) is 0 Å². The van der Waals surface area contributed by atoms with Crippen molar-refractivity contribution in [2.45, 2.75) is 50.8 Å². The highest BCUT2D eigenvalue weighted by Gasteiger charge is 2.34. The molecule has 2 aromatic heterocycles. The highest BCUT2D eigenvalue weighted by atomic mass is 16.6. The molecule has 4 atom stereocenters. The molecule has 0 fully saturated rings. The number of aliphatic hydroxyl groups is 2. The summed E-state index contributed by atoms with van der Waals surface area (Å²) in [5.41, 5.74) is 3.67. The lowest BCUT2D eigenvalue weighted by Crippen LogP contribution is -2.49. The largest absolute Gasteiger partial charge is 0.388 e. The number of aromatic nitrogens is 2. The van der Waals surface area contributed by atoms with E-state index in [9.17, 15) is 10.2 Å². The minimum absolute atomic E-state index is 0.0631. The van der Waals surface area contributed by atoms with E-state index in [1.54, 1.807) is 24.8 Å². The molecule has 8 heteroatoms. The lowest BCUT2D eigenvalue weighted by molar-refractivity contribution is -0.170. The van der Waals surface area contributed by atoms with Crippen LogP contribution in [0.3, 0.4) is 0 Å². The summed E-state index contributed by atoms with van der Waals surface area (Å²) < 4.78 is 23.9. The van der Waals surface area contributed by atoms with E-state index < -0.39 is 24.4 Å². The van der Waals surface area contributed by atoms with Crippen molar-refractivity contribution in [3.63, 3.8) is 0 Å². The molecular formula is C32H36N2O6. The summed E-state index contributed by atoms with van der Waals surface area (Å²) in [7, 11) is 0. The number of ether oxygens (including phenoxy) is 4. The molecular weight excluding hydrogens is 508 g/mol. The molecule has 0 bridgehead atoms. The maximum Gasteiger partial charge on any atom is 0.111 e. The molecule has 40 heavy (non-hydrogen) atoms. The maximum atomic E-state index is 11.3. The molecule has 0 aliphatic rings. The van der Waals surface area contributed by atoms with Crippen LogP contribution in [0.5, 0.6) is 0 Å². The number of hydrogen-bond donors (Lipinski definition) is 2. The molecule has 0 unspecified atom stereocenters. The molecule has 0 radical (unpaired) electrons. The van der Waals surface area contributed by atoms with Crippen LogP contribution in [0, 0.1) is 0 Å². The van der Waals surface area contributed by atoms with Gasteiger partial charge in [0.1, 0.15) is 24.4 Å². The lowest BCUT2D eigenvalue weighted by Gasteiger charge is -2.31. The topological polar surface area (TPSA) is 103 Å². The Morgan fingerprint density at radius 1 is 0.500 bits per heavy atom. The van der Waals surface area contributed by atoms with Crippen LogP contribution in [-0.2, 0) is 45.4 Å². The minimum Gasteiger partial charge on any atom is -0.388 e. The van der Waals surface area contributed by atoms with Crippen molar-refractivity contribution in [3.05, 3.63) is 132 Å². The lowest BCUT2D eigenvalue weighted by atomic mass is 10.0. The predicted molar refractivity (Wildman–Crippen MR) is 150 cm³/mol. The van der Waals surface area contributed by atoms with Gasteiger partial charge in [-0.25, -0.2) is 0 Å². The smallest absolute Gasteiger partial charge is 0.111 e. The molecule has 4 rings (SSSR count). The highest BCUT2D eigenvalue weighted by Crippen LogP contribution is 2.17. The fraction of sp³-hybridized carbons (Fsp3) is 0.312. The van der Waals surface area contributed by atoms with E-state index in [2.05, 4.69) is 9.97 Å². The first-order chi connectivity index (χ1) is 19.7. The van der Waals surface area contributed by atoms with Crippen molar-refractivity contribution in [2.24, 2.45) is 0 Å². The quantitative estimate of drug-likeness (QED) is 0.205. The molecule has 8 nitrogen and oxygen atoms in total. The SMILES string of the molecule is O[C@@H]([C@H](O)[C@@H](COCc1ccccc1)OCc1cccnc1)[C@@H](COCc1ccccc1)OCc1cccnc1. The zero-order valence-electron chi connectivity index (χ0n) is 22.4. The first-order valence-electron chi connectivity index (χ1n) is 13.3. The average Bonchev–Trinajstić information content (AvgIpc) is 3.02. The second kappa shape index (κ2) is 16.6. The predicted octanol–water partition coefficient (Wildman–Crippen LogP) is 4.10. The summed E-state index contributed by atoms with van der Waals surface area (Å²) in [6.07, 6.45) is 2.46. The Morgan fingerprint density at radius 3 is 1.27 bits per heavy atom. The summed E-state index contributed by atoms with van der Waals surface area (Å²) in [5, 5.41) is 22.6. The van der Waals surface area contributed by atoms with Gasteiger partial charge in [0.05, 0.1) is 39.6 Å². The van der Waals surface area contributed by atoms with Gasteiger partial charge in [-0.3, -0.25) is 9.97 Å². The first-order valence-corrected chi connectivity index (χ1v) is 13.3. The standard InChI is InChI=1S/C32H36N2O6/c35-31(29(39-21-27-13-7-15-33-17-27)23-37-19-25-9-3-1-4-10-25)32(36)30(40-22-28-14-8-16-34-18-28)24-38-20-26-11-5-2-6-12-26/h1-18,29-32,35-36H,19-24H2/t29-,30-,31-,32-/m1/s1. The van der Waals surface area contributed by atoms with E-state index >= 15 is 0 Å². The third-order valence-corrected chi connectivity index (χ3v) is 6.27. The third-order valence-electron chi connectivity index (χ3n) is 6.27. The second-order valence-corrected chi connectivity index (χ2v) is 9.40. The van der Waals surface area contributed by atoms with Gasteiger partial charge in [-0.15, -0.1) is 0 Å². The van der Waals surface area contributed by atoms with E-state index in [0.29, 0.717) is 13.2 Å². The molecule has 0 spiro atoms. The van der Waals surface area contributed by atoms with Gasteiger partial charge in [-0.1, -0.05) is 72.8 Å². The molecule has 2 heterocycles. The first kappa shape index (κ1) is 29.5. The molecule has 0 aliphatic carbocycles. The molecule has 4 aromatic rings. The Morgan fingerprint density at radius 2 is 0.900 bits per heavy atom. The number of nitrogens with zero attached hydrogens (tertiary/aromatic N) is 2. The summed E-state index contributed by atoms with van der Waals surface area (Å²) >= 11 is 0. The van der Waals surface area contributed by atoms with Crippen molar-refractivity contribution in [3.8, 4) is 0 Å². The molecule has 2 N–H and O–H groups in total. The van der Waals surface area contributed by atoms with Crippen molar-refractivity contribution in [2.75, 3.05) is 13.2 Å². The molecule has 0 aliphatic heterocycles. The molecule has 2 aromatic carbocycles. The van der Waals surface area contributed by atoms with Crippen molar-refractivity contribution < 1.29 is 29.2 Å². The van der Waals surface area contributed by atoms with E-state index in [4.69, 9.17) is 18.9 Å². The van der Waals surface area contributed by atoms with Crippen LogP contribution in [-0.4, -0.2) is 57.8 Å². The van der Waals surface area contributed by atoms with Crippen LogP contribution >= 0.6 is 0 Å². The number of aliphatic hydroxyl groups excluding tert-OH is 2. The van der Waals surface area contributed by atoms with Crippen molar-refractivity contribution >= 4 is 0 Å². The van der Waals surface area contributed by atoms with Gasteiger partial charge in [-0.2, -0.15) is 0 Å². The Bertz CT molecular complexity index is 1100. The average molecular weight is 545 g/mol. The summed E-state index contributed by atoms with van der Waals surface area (Å²) in [5.74, 6) is 0. The van der Waals surface area contributed by atoms with Crippen LogP contribution in [0.25, 0.3) is 0 Å². The van der Waals surface area contributed by atoms with Gasteiger partial charge in [0.2, 0.25) is 0 Å². The second-order valence-electron chi connectivity index (χ2n) is 9.40. The number of hydrogen-bond acceptors (Lipinski definition) is 8. The minimum atomic E-state index is -1.31. The Labute approximate surface area is 235 Å². The van der Waals surface area contributed by atoms with Gasteiger partial charge in [0, 0.05) is 24.8 Å². The fourth-order valence-electron chi connectivity index (χ4n) is 4.04. The van der Waals surface area contributed by atoms with Gasteiger partial charge in [0.15, 0.2) is 0 Å². The van der Waals surface area contributed by atoms with Crippen LogP contribution in [0.15, 0.2) is 110 Å². The molecule has 0 amide bonds. The maximum absolute atomic E-state index is 11.3. The Balaban J connectivity index is 1.42. The van der Waals surface area contributed by atoms with E-state index in [0.717, 1.165) is 22.3 Å². The van der Waals surface area contributed by atoms with Crippen molar-refractivity contribution in [1.82, 2.24) is 9.97 Å². The zero-order valence-corrected chi connectivity index (χ0v) is 22.4. The van der Waals surface area contributed by atoms with E-state index in [-0.39, 0.29) is 26.4 Å². The normalized spacial score (nSPS) is 14.3. The fourth-order valence-corrected chi connectivity index (χ4v) is 4.04. The number of rotatable bonds is 17. The van der Waals surface area contributed by atoms with Gasteiger partial charge in [0.25, 0.3) is 0 Å². The van der Waals surface area contributed by atoms with Crippen LogP contribution < -0.4 is 0 Å². The summed E-state index contributed by atoms with van der Waals surface area (Å²) in [6.45, 7) is 1.21. The molecule has 0 saturated carbocycles.